The SMILES string of the molecule is CCN(CC)CCNCc1cnc(-c2ccc(C(F)(F)F)cc2)nc1. The van der Waals surface area contributed by atoms with E-state index < -0.39 is 11.7 Å². The fraction of sp³-hybridized carbons (Fsp3) is 0.444. The highest BCUT2D eigenvalue weighted by atomic mass is 19.4. The number of halogens is 3. The lowest BCUT2D eigenvalue weighted by molar-refractivity contribution is -0.137. The van der Waals surface area contributed by atoms with Gasteiger partial charge >= 0.3 is 6.18 Å². The number of nitrogens with zero attached hydrogens (tertiary/aromatic N) is 3. The molecule has 2 aromatic rings. The van der Waals surface area contributed by atoms with E-state index in [4.69, 9.17) is 0 Å². The third-order valence-corrected chi connectivity index (χ3v) is 4.00. The third kappa shape index (κ3) is 5.79. The Hall–Kier alpha value is -1.99. The van der Waals surface area contributed by atoms with Crippen LogP contribution in [0.5, 0.6) is 0 Å². The summed E-state index contributed by atoms with van der Waals surface area (Å²) in [6.07, 6.45) is -0.936. The van der Waals surface area contributed by atoms with Crippen molar-refractivity contribution < 1.29 is 13.2 Å². The lowest BCUT2D eigenvalue weighted by atomic mass is 10.1. The Morgan fingerprint density at radius 1 is 1.00 bits per heavy atom. The minimum atomic E-state index is -4.33. The topological polar surface area (TPSA) is 41.0 Å². The van der Waals surface area contributed by atoms with E-state index in [2.05, 4.69) is 34.0 Å². The number of hydrogen-bond acceptors (Lipinski definition) is 4. The van der Waals surface area contributed by atoms with E-state index >= 15 is 0 Å². The molecule has 0 amide bonds. The average Bonchev–Trinajstić information content (AvgIpc) is 2.62. The minimum Gasteiger partial charge on any atom is -0.311 e. The average molecular weight is 352 g/mol. The molecule has 0 atom stereocenters. The van der Waals surface area contributed by atoms with Crippen molar-refractivity contribution in [3.05, 3.63) is 47.8 Å². The van der Waals surface area contributed by atoms with Crippen molar-refractivity contribution in [1.82, 2.24) is 20.2 Å². The van der Waals surface area contributed by atoms with Crippen LogP contribution in [0.1, 0.15) is 25.0 Å². The summed E-state index contributed by atoms with van der Waals surface area (Å²) < 4.78 is 37.7. The van der Waals surface area contributed by atoms with E-state index in [0.717, 1.165) is 43.9 Å². The second-order valence-electron chi connectivity index (χ2n) is 5.69. The molecule has 7 heteroatoms. The molecule has 0 bridgehead atoms. The van der Waals surface area contributed by atoms with Gasteiger partial charge in [0.2, 0.25) is 0 Å². The maximum Gasteiger partial charge on any atom is 0.416 e. The van der Waals surface area contributed by atoms with Crippen molar-refractivity contribution in [3.63, 3.8) is 0 Å². The van der Waals surface area contributed by atoms with E-state index in [1.807, 2.05) is 0 Å². The van der Waals surface area contributed by atoms with E-state index in [9.17, 15) is 13.2 Å². The summed E-state index contributed by atoms with van der Waals surface area (Å²) in [7, 11) is 0. The Labute approximate surface area is 146 Å². The Morgan fingerprint density at radius 2 is 1.60 bits per heavy atom. The van der Waals surface area contributed by atoms with Gasteiger partial charge in [-0.25, -0.2) is 9.97 Å². The number of benzene rings is 1. The van der Waals surface area contributed by atoms with E-state index in [1.54, 1.807) is 12.4 Å². The smallest absolute Gasteiger partial charge is 0.311 e. The Bertz CT molecular complexity index is 635. The Morgan fingerprint density at radius 3 is 2.12 bits per heavy atom. The fourth-order valence-electron chi connectivity index (χ4n) is 2.41. The summed E-state index contributed by atoms with van der Waals surface area (Å²) in [5.41, 5.74) is 0.828. The van der Waals surface area contributed by atoms with Gasteiger partial charge < -0.3 is 10.2 Å². The predicted molar refractivity (Wildman–Crippen MR) is 92.0 cm³/mol. The van der Waals surface area contributed by atoms with Crippen molar-refractivity contribution in [2.24, 2.45) is 0 Å². The molecule has 1 N–H and O–H groups in total. The Kier molecular flexibility index (Phi) is 6.90. The van der Waals surface area contributed by atoms with Crippen LogP contribution in [-0.2, 0) is 12.7 Å². The molecule has 0 aliphatic carbocycles. The molecule has 0 saturated heterocycles. The van der Waals surface area contributed by atoms with Gasteiger partial charge in [0.15, 0.2) is 5.82 Å². The predicted octanol–water partition coefficient (Wildman–Crippen LogP) is 3.59. The molecule has 0 fully saturated rings. The third-order valence-electron chi connectivity index (χ3n) is 4.00. The van der Waals surface area contributed by atoms with Crippen LogP contribution in [-0.4, -0.2) is 41.0 Å². The molecule has 0 aliphatic rings. The molecule has 1 heterocycles. The van der Waals surface area contributed by atoms with Crippen LogP contribution in [0, 0.1) is 0 Å². The zero-order chi connectivity index (χ0) is 18.3. The van der Waals surface area contributed by atoms with Crippen LogP contribution in [0.3, 0.4) is 0 Å². The number of aromatic nitrogens is 2. The van der Waals surface area contributed by atoms with Crippen molar-refractivity contribution in [2.75, 3.05) is 26.2 Å². The van der Waals surface area contributed by atoms with Crippen molar-refractivity contribution >= 4 is 0 Å². The maximum absolute atomic E-state index is 12.6. The van der Waals surface area contributed by atoms with Crippen LogP contribution >= 0.6 is 0 Å². The number of alkyl halides is 3. The van der Waals surface area contributed by atoms with Gasteiger partial charge in [-0.2, -0.15) is 13.2 Å². The fourth-order valence-corrected chi connectivity index (χ4v) is 2.41. The van der Waals surface area contributed by atoms with Gasteiger partial charge in [0.05, 0.1) is 5.56 Å². The first-order chi connectivity index (χ1) is 11.9. The number of rotatable bonds is 8. The number of hydrogen-bond donors (Lipinski definition) is 1. The molecular weight excluding hydrogens is 329 g/mol. The van der Waals surface area contributed by atoms with E-state index in [-0.39, 0.29) is 0 Å². The first-order valence-corrected chi connectivity index (χ1v) is 8.35. The molecule has 136 valence electrons. The summed E-state index contributed by atoms with van der Waals surface area (Å²) in [4.78, 5) is 10.8. The van der Waals surface area contributed by atoms with Crippen LogP contribution in [0.25, 0.3) is 11.4 Å². The van der Waals surface area contributed by atoms with Gasteiger partial charge in [0.25, 0.3) is 0 Å². The van der Waals surface area contributed by atoms with Crippen LogP contribution < -0.4 is 5.32 Å². The second-order valence-corrected chi connectivity index (χ2v) is 5.69. The Balaban J connectivity index is 1.89. The zero-order valence-corrected chi connectivity index (χ0v) is 14.5. The summed E-state index contributed by atoms with van der Waals surface area (Å²) in [5, 5.41) is 3.34. The molecule has 0 saturated carbocycles. The number of likely N-dealkylation sites (N-methyl/N-ethyl adjacent to an activating group) is 1. The van der Waals surface area contributed by atoms with Crippen LogP contribution in [0.15, 0.2) is 36.7 Å². The van der Waals surface area contributed by atoms with Gasteiger partial charge in [-0.15, -0.1) is 0 Å². The van der Waals surface area contributed by atoms with Crippen molar-refractivity contribution in [2.45, 2.75) is 26.6 Å². The minimum absolute atomic E-state index is 0.417. The summed E-state index contributed by atoms with van der Waals surface area (Å²) in [6, 6.07) is 4.86. The molecule has 0 unspecified atom stereocenters. The van der Waals surface area contributed by atoms with Gasteiger partial charge in [-0.3, -0.25) is 0 Å². The molecular formula is C18H23F3N4. The summed E-state index contributed by atoms with van der Waals surface area (Å²) >= 11 is 0. The summed E-state index contributed by atoms with van der Waals surface area (Å²) in [6.45, 7) is 8.86. The first-order valence-electron chi connectivity index (χ1n) is 8.35. The highest BCUT2D eigenvalue weighted by molar-refractivity contribution is 5.55. The van der Waals surface area contributed by atoms with Gasteiger partial charge in [0, 0.05) is 43.2 Å². The highest BCUT2D eigenvalue weighted by Gasteiger charge is 2.30. The molecule has 2 rings (SSSR count). The standard InChI is InChI=1S/C18H23F3N4/c1-3-25(4-2)10-9-22-11-14-12-23-17(24-13-14)15-5-7-16(8-6-15)18(19,20)21/h5-8,12-13,22H,3-4,9-11H2,1-2H3. The lowest BCUT2D eigenvalue weighted by Gasteiger charge is -2.17. The summed E-state index contributed by atoms with van der Waals surface area (Å²) in [5.74, 6) is 0.417. The number of nitrogens with one attached hydrogen (secondary N) is 1. The molecule has 4 nitrogen and oxygen atoms in total. The quantitative estimate of drug-likeness (QED) is 0.737. The molecule has 0 aliphatic heterocycles. The van der Waals surface area contributed by atoms with Gasteiger partial charge in [-0.05, 0) is 25.2 Å². The molecule has 1 aromatic heterocycles. The first kappa shape index (κ1) is 19.3. The molecule has 0 spiro atoms. The molecule has 1 aromatic carbocycles. The second kappa shape index (κ2) is 8.92. The van der Waals surface area contributed by atoms with Gasteiger partial charge in [0.1, 0.15) is 0 Å². The molecule has 25 heavy (non-hydrogen) atoms. The van der Waals surface area contributed by atoms with Crippen molar-refractivity contribution in [1.29, 1.82) is 0 Å². The monoisotopic (exact) mass is 352 g/mol. The van der Waals surface area contributed by atoms with Crippen molar-refractivity contribution in [3.8, 4) is 11.4 Å². The zero-order valence-electron chi connectivity index (χ0n) is 14.5. The molecule has 0 radical (unpaired) electrons. The van der Waals surface area contributed by atoms with E-state index in [1.165, 1.54) is 12.1 Å². The van der Waals surface area contributed by atoms with Gasteiger partial charge in [-0.1, -0.05) is 26.0 Å². The highest BCUT2D eigenvalue weighted by Crippen LogP contribution is 2.30. The maximum atomic E-state index is 12.6. The lowest BCUT2D eigenvalue weighted by Crippen LogP contribution is -2.31. The van der Waals surface area contributed by atoms with Crippen LogP contribution in [0.2, 0.25) is 0 Å². The van der Waals surface area contributed by atoms with Crippen LogP contribution in [0.4, 0.5) is 13.2 Å². The van der Waals surface area contributed by atoms with E-state index in [0.29, 0.717) is 17.9 Å². The largest absolute Gasteiger partial charge is 0.416 e. The normalized spacial score (nSPS) is 11.9.